The molecule has 2 aromatic carbocycles. The second kappa shape index (κ2) is 7.70. The van der Waals surface area contributed by atoms with E-state index in [-0.39, 0.29) is 12.1 Å². The topological polar surface area (TPSA) is 41.1 Å². The number of amides is 2. The summed E-state index contributed by atoms with van der Waals surface area (Å²) in [5, 5.41) is 6.44. The number of rotatable bonds is 5. The van der Waals surface area contributed by atoms with Gasteiger partial charge in [-0.25, -0.2) is 4.79 Å². The highest BCUT2D eigenvalue weighted by Crippen LogP contribution is 2.17. The van der Waals surface area contributed by atoms with Crippen LogP contribution in [-0.2, 0) is 6.42 Å². The van der Waals surface area contributed by atoms with Crippen LogP contribution in [0.15, 0.2) is 54.6 Å². The van der Waals surface area contributed by atoms with Gasteiger partial charge in [-0.05, 0) is 36.6 Å². The van der Waals surface area contributed by atoms with Gasteiger partial charge in [-0.1, -0.05) is 54.1 Å². The third kappa shape index (κ3) is 5.12. The monoisotopic (exact) mass is 302 g/mol. The van der Waals surface area contributed by atoms with E-state index in [2.05, 4.69) is 10.6 Å². The van der Waals surface area contributed by atoms with Gasteiger partial charge in [0.15, 0.2) is 0 Å². The number of hydrogen-bond donors (Lipinski definition) is 2. The Morgan fingerprint density at radius 1 is 1.14 bits per heavy atom. The summed E-state index contributed by atoms with van der Waals surface area (Å²) >= 11 is 5.95. The predicted octanol–water partition coefficient (Wildman–Crippen LogP) is 3.94. The highest BCUT2D eigenvalue weighted by Gasteiger charge is 2.09. The summed E-state index contributed by atoms with van der Waals surface area (Å²) in [6.07, 6.45) is 0.819. The molecule has 2 aromatic rings. The van der Waals surface area contributed by atoms with Crippen LogP contribution in [0.1, 0.15) is 24.1 Å². The van der Waals surface area contributed by atoms with Crippen LogP contribution in [0.5, 0.6) is 0 Å². The van der Waals surface area contributed by atoms with Crippen LogP contribution in [0, 0.1) is 0 Å². The third-order valence-corrected chi connectivity index (χ3v) is 3.47. The van der Waals surface area contributed by atoms with Crippen LogP contribution < -0.4 is 10.6 Å². The van der Waals surface area contributed by atoms with Gasteiger partial charge >= 0.3 is 6.03 Å². The number of carbonyl (C=O) groups excluding carboxylic acids is 1. The van der Waals surface area contributed by atoms with Gasteiger partial charge in [-0.2, -0.15) is 0 Å². The molecule has 0 radical (unpaired) electrons. The first-order valence-electron chi connectivity index (χ1n) is 6.99. The van der Waals surface area contributed by atoms with E-state index < -0.39 is 0 Å². The summed E-state index contributed by atoms with van der Waals surface area (Å²) in [6.45, 7) is 2.54. The normalized spacial score (nSPS) is 11.7. The van der Waals surface area contributed by atoms with E-state index in [1.807, 2.05) is 61.5 Å². The van der Waals surface area contributed by atoms with E-state index in [0.717, 1.165) is 12.0 Å². The summed E-state index contributed by atoms with van der Waals surface area (Å²) in [7, 11) is 0. The fraction of sp³-hybridized carbons (Fsp3) is 0.235. The van der Waals surface area contributed by atoms with Crippen molar-refractivity contribution in [3.63, 3.8) is 0 Å². The molecule has 0 aromatic heterocycles. The minimum Gasteiger partial charge on any atom is -0.338 e. The molecule has 0 fully saturated rings. The summed E-state index contributed by atoms with van der Waals surface area (Å²) in [5.74, 6) is 0. The molecular formula is C17H19ClN2O. The SMILES string of the molecule is C[C@H](NC(=O)NCCc1ccccc1)c1cccc(Cl)c1. The Labute approximate surface area is 130 Å². The van der Waals surface area contributed by atoms with Gasteiger partial charge in [-0.3, -0.25) is 0 Å². The van der Waals surface area contributed by atoms with Gasteiger partial charge in [0.05, 0.1) is 6.04 Å². The summed E-state index contributed by atoms with van der Waals surface area (Å²) < 4.78 is 0. The molecule has 4 heteroatoms. The lowest BCUT2D eigenvalue weighted by Crippen LogP contribution is -2.38. The average Bonchev–Trinajstić information content (AvgIpc) is 2.48. The van der Waals surface area contributed by atoms with Crippen molar-refractivity contribution < 1.29 is 4.79 Å². The third-order valence-electron chi connectivity index (χ3n) is 3.24. The van der Waals surface area contributed by atoms with Crippen LogP contribution in [0.2, 0.25) is 5.02 Å². The Morgan fingerprint density at radius 3 is 2.62 bits per heavy atom. The molecule has 0 aliphatic heterocycles. The molecule has 0 bridgehead atoms. The molecule has 0 saturated carbocycles. The Morgan fingerprint density at radius 2 is 1.90 bits per heavy atom. The molecule has 0 unspecified atom stereocenters. The molecule has 2 N–H and O–H groups in total. The first-order chi connectivity index (χ1) is 10.1. The molecule has 0 spiro atoms. The van der Waals surface area contributed by atoms with Gasteiger partial charge in [0.25, 0.3) is 0 Å². The molecule has 0 heterocycles. The number of hydrogen-bond acceptors (Lipinski definition) is 1. The van der Waals surface area contributed by atoms with E-state index in [0.29, 0.717) is 11.6 Å². The van der Waals surface area contributed by atoms with Gasteiger partial charge in [-0.15, -0.1) is 0 Å². The first-order valence-corrected chi connectivity index (χ1v) is 7.36. The Bertz CT molecular complexity index is 586. The standard InChI is InChI=1S/C17H19ClN2O/c1-13(15-8-5-9-16(18)12-15)20-17(21)19-11-10-14-6-3-2-4-7-14/h2-9,12-13H,10-11H2,1H3,(H2,19,20,21)/t13-/m0/s1. The zero-order chi connectivity index (χ0) is 15.1. The van der Waals surface area contributed by atoms with Gasteiger partial charge in [0, 0.05) is 11.6 Å². The van der Waals surface area contributed by atoms with Crippen molar-refractivity contribution >= 4 is 17.6 Å². The Balaban J connectivity index is 1.76. The van der Waals surface area contributed by atoms with E-state index in [9.17, 15) is 4.79 Å². The lowest BCUT2D eigenvalue weighted by molar-refractivity contribution is 0.238. The largest absolute Gasteiger partial charge is 0.338 e. The molecule has 0 saturated heterocycles. The highest BCUT2D eigenvalue weighted by molar-refractivity contribution is 6.30. The highest BCUT2D eigenvalue weighted by atomic mass is 35.5. The van der Waals surface area contributed by atoms with Crippen molar-refractivity contribution in [2.45, 2.75) is 19.4 Å². The van der Waals surface area contributed by atoms with Crippen LogP contribution in [0.25, 0.3) is 0 Å². The number of halogens is 1. The van der Waals surface area contributed by atoms with Crippen LogP contribution >= 0.6 is 11.6 Å². The number of benzene rings is 2. The molecule has 3 nitrogen and oxygen atoms in total. The second-order valence-electron chi connectivity index (χ2n) is 4.91. The van der Waals surface area contributed by atoms with Crippen molar-refractivity contribution in [1.29, 1.82) is 0 Å². The van der Waals surface area contributed by atoms with Crippen LogP contribution in [0.4, 0.5) is 4.79 Å². The lowest BCUT2D eigenvalue weighted by atomic mass is 10.1. The molecular weight excluding hydrogens is 284 g/mol. The average molecular weight is 303 g/mol. The lowest BCUT2D eigenvalue weighted by Gasteiger charge is -2.15. The molecule has 110 valence electrons. The smallest absolute Gasteiger partial charge is 0.315 e. The van der Waals surface area contributed by atoms with E-state index in [1.165, 1.54) is 5.56 Å². The molecule has 2 rings (SSSR count). The first kappa shape index (κ1) is 15.4. The zero-order valence-electron chi connectivity index (χ0n) is 12.0. The molecule has 21 heavy (non-hydrogen) atoms. The predicted molar refractivity (Wildman–Crippen MR) is 86.5 cm³/mol. The van der Waals surface area contributed by atoms with Crippen molar-refractivity contribution in [3.8, 4) is 0 Å². The van der Waals surface area contributed by atoms with E-state index in [1.54, 1.807) is 0 Å². The van der Waals surface area contributed by atoms with Gasteiger partial charge in [0.2, 0.25) is 0 Å². The van der Waals surface area contributed by atoms with Gasteiger partial charge in [0.1, 0.15) is 0 Å². The molecule has 0 aliphatic carbocycles. The zero-order valence-corrected chi connectivity index (χ0v) is 12.7. The molecule has 2 amide bonds. The number of carbonyl (C=O) groups is 1. The second-order valence-corrected chi connectivity index (χ2v) is 5.35. The van der Waals surface area contributed by atoms with Crippen LogP contribution in [-0.4, -0.2) is 12.6 Å². The van der Waals surface area contributed by atoms with Crippen molar-refractivity contribution in [2.24, 2.45) is 0 Å². The number of urea groups is 1. The van der Waals surface area contributed by atoms with Crippen molar-refractivity contribution in [3.05, 3.63) is 70.7 Å². The quantitative estimate of drug-likeness (QED) is 0.863. The van der Waals surface area contributed by atoms with Crippen molar-refractivity contribution in [2.75, 3.05) is 6.54 Å². The van der Waals surface area contributed by atoms with Gasteiger partial charge < -0.3 is 10.6 Å². The maximum absolute atomic E-state index is 11.8. The van der Waals surface area contributed by atoms with Crippen molar-refractivity contribution in [1.82, 2.24) is 10.6 Å². The Kier molecular flexibility index (Phi) is 5.64. The van der Waals surface area contributed by atoms with E-state index in [4.69, 9.17) is 11.6 Å². The molecule has 0 aliphatic rings. The maximum atomic E-state index is 11.8. The maximum Gasteiger partial charge on any atom is 0.315 e. The minimum atomic E-state index is -0.168. The molecule has 1 atom stereocenters. The fourth-order valence-corrected chi connectivity index (χ4v) is 2.27. The Hall–Kier alpha value is -2.00. The number of nitrogens with one attached hydrogen (secondary N) is 2. The summed E-state index contributed by atoms with van der Waals surface area (Å²) in [6, 6.07) is 17.3. The summed E-state index contributed by atoms with van der Waals surface area (Å²) in [4.78, 5) is 11.8. The van der Waals surface area contributed by atoms with Crippen LogP contribution in [0.3, 0.4) is 0 Å². The van der Waals surface area contributed by atoms with E-state index >= 15 is 0 Å². The minimum absolute atomic E-state index is 0.0829. The summed E-state index contributed by atoms with van der Waals surface area (Å²) in [5.41, 5.74) is 2.20. The fourth-order valence-electron chi connectivity index (χ4n) is 2.07.